The number of aromatic nitrogens is 2. The van der Waals surface area contributed by atoms with Gasteiger partial charge >= 0.3 is 0 Å². The minimum absolute atomic E-state index is 0.124. The molecule has 0 radical (unpaired) electrons. The van der Waals surface area contributed by atoms with Crippen molar-refractivity contribution in [2.24, 2.45) is 0 Å². The van der Waals surface area contributed by atoms with Gasteiger partial charge in [0.15, 0.2) is 0 Å². The van der Waals surface area contributed by atoms with Gasteiger partial charge in [0.2, 0.25) is 0 Å². The molecule has 0 saturated heterocycles. The Morgan fingerprint density at radius 2 is 2.24 bits per heavy atom. The van der Waals surface area contributed by atoms with Crippen molar-refractivity contribution in [3.8, 4) is 0 Å². The quantitative estimate of drug-likeness (QED) is 0.833. The lowest BCUT2D eigenvalue weighted by molar-refractivity contribution is 0.596. The molecule has 0 amide bonds. The van der Waals surface area contributed by atoms with Crippen LogP contribution in [0.15, 0.2) is 36.8 Å². The van der Waals surface area contributed by atoms with E-state index >= 15 is 0 Å². The molecule has 0 bridgehead atoms. The number of nitrogens with one attached hydrogen (secondary N) is 2. The maximum atomic E-state index is 13.4. The molecule has 2 rings (SSSR count). The average molecular weight is 233 g/mol. The maximum Gasteiger partial charge on any atom is 0.126 e. The van der Waals surface area contributed by atoms with Gasteiger partial charge in [-0.05, 0) is 31.4 Å². The number of rotatable bonds is 5. The Balaban J connectivity index is 1.84. The molecule has 1 aromatic carbocycles. The summed E-state index contributed by atoms with van der Waals surface area (Å²) in [6.07, 6.45) is 4.97. The van der Waals surface area contributed by atoms with Crippen LogP contribution < -0.4 is 5.32 Å². The monoisotopic (exact) mass is 233 g/mol. The number of benzene rings is 1. The normalized spacial score (nSPS) is 12.4. The summed E-state index contributed by atoms with van der Waals surface area (Å²) in [5.41, 5.74) is 0.769. The van der Waals surface area contributed by atoms with Gasteiger partial charge in [-0.15, -0.1) is 0 Å². The molecule has 4 heteroatoms. The second-order valence-corrected chi connectivity index (χ2v) is 4.14. The van der Waals surface area contributed by atoms with Crippen LogP contribution in [0.4, 0.5) is 10.2 Å². The summed E-state index contributed by atoms with van der Waals surface area (Å²) >= 11 is 0. The van der Waals surface area contributed by atoms with Crippen LogP contribution in [0.25, 0.3) is 0 Å². The number of H-pyrrole nitrogens is 1. The molecule has 0 fully saturated rings. The zero-order valence-electron chi connectivity index (χ0n) is 9.78. The Labute approximate surface area is 100 Å². The minimum Gasteiger partial charge on any atom is -0.368 e. The third kappa shape index (κ3) is 3.31. The lowest BCUT2D eigenvalue weighted by Gasteiger charge is -2.13. The van der Waals surface area contributed by atoms with E-state index in [1.165, 1.54) is 6.07 Å². The Morgan fingerprint density at radius 1 is 1.41 bits per heavy atom. The van der Waals surface area contributed by atoms with Crippen LogP contribution in [0.5, 0.6) is 0 Å². The Kier molecular flexibility index (Phi) is 3.75. The Morgan fingerprint density at radius 3 is 2.94 bits per heavy atom. The SMILES string of the molecule is CC(CCc1ccccc1F)Nc1cnc[nH]1. The van der Waals surface area contributed by atoms with Crippen molar-refractivity contribution < 1.29 is 4.39 Å². The Hall–Kier alpha value is -1.84. The van der Waals surface area contributed by atoms with Crippen molar-refractivity contribution in [2.45, 2.75) is 25.8 Å². The highest BCUT2D eigenvalue weighted by Gasteiger charge is 2.05. The molecule has 1 atom stereocenters. The summed E-state index contributed by atoms with van der Waals surface area (Å²) in [6.45, 7) is 2.07. The van der Waals surface area contributed by atoms with Crippen molar-refractivity contribution >= 4 is 5.82 Å². The zero-order valence-corrected chi connectivity index (χ0v) is 9.78. The zero-order chi connectivity index (χ0) is 12.1. The van der Waals surface area contributed by atoms with E-state index in [1.54, 1.807) is 18.6 Å². The number of hydrogen-bond donors (Lipinski definition) is 2. The number of nitrogens with zero attached hydrogens (tertiary/aromatic N) is 1. The maximum absolute atomic E-state index is 13.4. The van der Waals surface area contributed by atoms with E-state index in [-0.39, 0.29) is 11.9 Å². The lowest BCUT2D eigenvalue weighted by Crippen LogP contribution is -2.16. The minimum atomic E-state index is -0.124. The van der Waals surface area contributed by atoms with Crippen molar-refractivity contribution in [2.75, 3.05) is 5.32 Å². The molecule has 1 aromatic heterocycles. The van der Waals surface area contributed by atoms with E-state index in [4.69, 9.17) is 0 Å². The largest absolute Gasteiger partial charge is 0.368 e. The second-order valence-electron chi connectivity index (χ2n) is 4.14. The van der Waals surface area contributed by atoms with Gasteiger partial charge in [-0.25, -0.2) is 9.37 Å². The van der Waals surface area contributed by atoms with Crippen LogP contribution in [0, 0.1) is 5.82 Å². The van der Waals surface area contributed by atoms with Gasteiger partial charge in [-0.2, -0.15) is 0 Å². The van der Waals surface area contributed by atoms with Crippen LogP contribution in [0.1, 0.15) is 18.9 Å². The van der Waals surface area contributed by atoms with E-state index in [9.17, 15) is 4.39 Å². The van der Waals surface area contributed by atoms with E-state index in [1.807, 2.05) is 12.1 Å². The van der Waals surface area contributed by atoms with E-state index in [0.29, 0.717) is 0 Å². The second kappa shape index (κ2) is 5.48. The van der Waals surface area contributed by atoms with Gasteiger partial charge in [0.25, 0.3) is 0 Å². The molecule has 17 heavy (non-hydrogen) atoms. The van der Waals surface area contributed by atoms with E-state index < -0.39 is 0 Å². The summed E-state index contributed by atoms with van der Waals surface area (Å²) in [4.78, 5) is 6.91. The molecule has 1 unspecified atom stereocenters. The van der Waals surface area contributed by atoms with E-state index in [0.717, 1.165) is 24.2 Å². The highest BCUT2D eigenvalue weighted by atomic mass is 19.1. The number of anilines is 1. The van der Waals surface area contributed by atoms with Crippen LogP contribution in [-0.2, 0) is 6.42 Å². The number of imidazole rings is 1. The van der Waals surface area contributed by atoms with Gasteiger partial charge in [0.05, 0.1) is 12.5 Å². The summed E-state index contributed by atoms with van der Waals surface area (Å²) in [5, 5.41) is 3.27. The lowest BCUT2D eigenvalue weighted by atomic mass is 10.1. The topological polar surface area (TPSA) is 40.7 Å². The van der Waals surface area contributed by atoms with Gasteiger partial charge in [-0.1, -0.05) is 18.2 Å². The fourth-order valence-corrected chi connectivity index (χ4v) is 1.75. The molecule has 1 heterocycles. The number of halogens is 1. The summed E-state index contributed by atoms with van der Waals surface area (Å²) in [5.74, 6) is 0.771. The van der Waals surface area contributed by atoms with Crippen LogP contribution in [0.2, 0.25) is 0 Å². The molecule has 0 spiro atoms. The molecular formula is C13H16FN3. The summed E-state index contributed by atoms with van der Waals surface area (Å²) < 4.78 is 13.4. The molecule has 0 saturated carbocycles. The van der Waals surface area contributed by atoms with E-state index in [2.05, 4.69) is 22.2 Å². The first kappa shape index (κ1) is 11.6. The fourth-order valence-electron chi connectivity index (χ4n) is 1.75. The van der Waals surface area contributed by atoms with Crippen molar-refractivity contribution in [3.63, 3.8) is 0 Å². The molecule has 2 N–H and O–H groups in total. The van der Waals surface area contributed by atoms with Crippen LogP contribution in [-0.4, -0.2) is 16.0 Å². The number of aromatic amines is 1. The van der Waals surface area contributed by atoms with Crippen molar-refractivity contribution in [3.05, 3.63) is 48.2 Å². The number of hydrogen-bond acceptors (Lipinski definition) is 2. The van der Waals surface area contributed by atoms with Gasteiger partial charge < -0.3 is 10.3 Å². The van der Waals surface area contributed by atoms with Gasteiger partial charge in [0, 0.05) is 6.04 Å². The number of aryl methyl sites for hydroxylation is 1. The third-order valence-corrected chi connectivity index (χ3v) is 2.70. The first-order chi connectivity index (χ1) is 8.25. The highest BCUT2D eigenvalue weighted by molar-refractivity contribution is 5.31. The molecule has 0 aliphatic heterocycles. The molecule has 90 valence electrons. The first-order valence-electron chi connectivity index (χ1n) is 5.74. The molecule has 2 aromatic rings. The molecular weight excluding hydrogens is 217 g/mol. The molecule has 0 aliphatic rings. The third-order valence-electron chi connectivity index (χ3n) is 2.70. The predicted molar refractivity (Wildman–Crippen MR) is 66.4 cm³/mol. The fraction of sp³-hybridized carbons (Fsp3) is 0.308. The standard InChI is InChI=1S/C13H16FN3/c1-10(17-13-8-15-9-16-13)6-7-11-4-2-3-5-12(11)14/h2-5,8-10,17H,6-7H2,1H3,(H,15,16). The molecule has 3 nitrogen and oxygen atoms in total. The Bertz CT molecular complexity index is 453. The smallest absolute Gasteiger partial charge is 0.126 e. The summed E-state index contributed by atoms with van der Waals surface area (Å²) in [6, 6.07) is 7.19. The van der Waals surface area contributed by atoms with Gasteiger partial charge in [-0.3, -0.25) is 0 Å². The average Bonchev–Trinajstić information content (AvgIpc) is 2.81. The van der Waals surface area contributed by atoms with Crippen LogP contribution >= 0.6 is 0 Å². The van der Waals surface area contributed by atoms with Crippen molar-refractivity contribution in [1.29, 1.82) is 0 Å². The summed E-state index contributed by atoms with van der Waals surface area (Å²) in [7, 11) is 0. The van der Waals surface area contributed by atoms with Crippen LogP contribution in [0.3, 0.4) is 0 Å². The van der Waals surface area contributed by atoms with Crippen molar-refractivity contribution in [1.82, 2.24) is 9.97 Å². The molecule has 0 aliphatic carbocycles. The van der Waals surface area contributed by atoms with Gasteiger partial charge in [0.1, 0.15) is 11.6 Å². The highest BCUT2D eigenvalue weighted by Crippen LogP contribution is 2.12. The predicted octanol–water partition coefficient (Wildman–Crippen LogP) is 2.98. The first-order valence-corrected chi connectivity index (χ1v) is 5.74.